The Hall–Kier alpha value is -1.56. The molecule has 1 fully saturated rings. The molecule has 6 heteroatoms. The number of sulfone groups is 1. The Balaban J connectivity index is 1.35. The zero-order valence-electron chi connectivity index (χ0n) is 16.4. The lowest BCUT2D eigenvalue weighted by Gasteiger charge is -2.32. The third kappa shape index (κ3) is 6.50. The number of rotatable bonds is 8. The van der Waals surface area contributed by atoms with E-state index in [-0.39, 0.29) is 0 Å². The fraction of sp³-hybridized carbons (Fsp3) is 0.455. The highest BCUT2D eigenvalue weighted by atomic mass is 35.5. The molecule has 0 atom stereocenters. The summed E-state index contributed by atoms with van der Waals surface area (Å²) >= 11 is 6.00. The molecule has 1 heterocycles. The van der Waals surface area contributed by atoms with Crippen LogP contribution in [0.1, 0.15) is 24.8 Å². The van der Waals surface area contributed by atoms with Gasteiger partial charge in [0.1, 0.15) is 0 Å². The first-order valence-corrected chi connectivity index (χ1v) is 12.2. The van der Waals surface area contributed by atoms with Crippen molar-refractivity contribution >= 4 is 27.1 Å². The predicted octanol–water partition coefficient (Wildman–Crippen LogP) is 4.50. The van der Waals surface area contributed by atoms with E-state index in [2.05, 4.69) is 10.2 Å². The summed E-state index contributed by atoms with van der Waals surface area (Å²) in [6.45, 7) is 4.35. The molecule has 2 aromatic rings. The van der Waals surface area contributed by atoms with Gasteiger partial charge in [-0.15, -0.1) is 0 Å². The molecule has 4 nitrogen and oxygen atoms in total. The first-order chi connectivity index (χ1) is 13.4. The van der Waals surface area contributed by atoms with E-state index in [0.29, 0.717) is 10.8 Å². The van der Waals surface area contributed by atoms with E-state index in [0.717, 1.165) is 49.7 Å². The van der Waals surface area contributed by atoms with Gasteiger partial charge in [0.2, 0.25) is 0 Å². The second kappa shape index (κ2) is 9.77. The number of hydrogen-bond donors (Lipinski definition) is 1. The highest BCUT2D eigenvalue weighted by Gasteiger charge is 2.19. The van der Waals surface area contributed by atoms with Crippen molar-refractivity contribution in [2.24, 2.45) is 5.92 Å². The molecular formula is C22H29ClN2O2S. The Morgan fingerprint density at radius 1 is 1.11 bits per heavy atom. The number of nitrogens with zero attached hydrogens (tertiary/aromatic N) is 1. The highest BCUT2D eigenvalue weighted by molar-refractivity contribution is 7.90. The van der Waals surface area contributed by atoms with Crippen molar-refractivity contribution in [2.75, 3.05) is 37.8 Å². The van der Waals surface area contributed by atoms with E-state index in [1.54, 1.807) is 12.1 Å². The van der Waals surface area contributed by atoms with E-state index < -0.39 is 9.84 Å². The fourth-order valence-electron chi connectivity index (χ4n) is 3.75. The molecule has 1 aliphatic heterocycles. The molecular weight excluding hydrogens is 392 g/mol. The maximum Gasteiger partial charge on any atom is 0.175 e. The lowest BCUT2D eigenvalue weighted by atomic mass is 9.90. The molecule has 1 saturated heterocycles. The second-order valence-corrected chi connectivity index (χ2v) is 10.1. The summed E-state index contributed by atoms with van der Waals surface area (Å²) in [5.41, 5.74) is 2.31. The second-order valence-electron chi connectivity index (χ2n) is 7.70. The quantitative estimate of drug-likeness (QED) is 0.639. The molecule has 0 aliphatic carbocycles. The molecule has 1 aliphatic rings. The number of hydrogen-bond acceptors (Lipinski definition) is 4. The van der Waals surface area contributed by atoms with Crippen LogP contribution in [0.3, 0.4) is 0 Å². The average molecular weight is 421 g/mol. The Bertz CT molecular complexity index is 860. The van der Waals surface area contributed by atoms with Gasteiger partial charge in [0.25, 0.3) is 0 Å². The van der Waals surface area contributed by atoms with Crippen LogP contribution >= 0.6 is 11.6 Å². The van der Waals surface area contributed by atoms with Crippen LogP contribution in [0, 0.1) is 5.92 Å². The van der Waals surface area contributed by atoms with Gasteiger partial charge in [0.15, 0.2) is 9.84 Å². The van der Waals surface area contributed by atoms with Crippen LogP contribution in [0.5, 0.6) is 0 Å². The van der Waals surface area contributed by atoms with Crippen LogP contribution in [0.4, 0.5) is 5.69 Å². The molecule has 3 rings (SSSR count). The third-order valence-corrected chi connectivity index (χ3v) is 6.75. The van der Waals surface area contributed by atoms with Crippen LogP contribution < -0.4 is 5.32 Å². The summed E-state index contributed by atoms with van der Waals surface area (Å²) in [5.74, 6) is 0.685. The summed E-state index contributed by atoms with van der Waals surface area (Å²) in [6.07, 6.45) is 5.81. The van der Waals surface area contributed by atoms with E-state index in [9.17, 15) is 8.42 Å². The van der Waals surface area contributed by atoms with E-state index in [4.69, 9.17) is 11.6 Å². The first-order valence-electron chi connectivity index (χ1n) is 9.91. The summed E-state index contributed by atoms with van der Waals surface area (Å²) in [6, 6.07) is 15.2. The zero-order valence-corrected chi connectivity index (χ0v) is 18.0. The molecule has 0 spiro atoms. The van der Waals surface area contributed by atoms with E-state index in [1.165, 1.54) is 24.7 Å². The van der Waals surface area contributed by atoms with Gasteiger partial charge in [-0.25, -0.2) is 8.42 Å². The molecule has 1 N–H and O–H groups in total. The van der Waals surface area contributed by atoms with Crippen LogP contribution in [-0.4, -0.2) is 45.8 Å². The number of halogens is 1. The van der Waals surface area contributed by atoms with Crippen LogP contribution in [-0.2, 0) is 16.3 Å². The molecule has 0 amide bonds. The third-order valence-electron chi connectivity index (χ3n) is 5.39. The fourth-order valence-corrected chi connectivity index (χ4v) is 4.57. The van der Waals surface area contributed by atoms with Crippen molar-refractivity contribution in [3.8, 4) is 0 Å². The Labute approximate surface area is 173 Å². The Morgan fingerprint density at radius 2 is 1.82 bits per heavy atom. The highest BCUT2D eigenvalue weighted by Crippen LogP contribution is 2.23. The Kier molecular flexibility index (Phi) is 7.38. The summed E-state index contributed by atoms with van der Waals surface area (Å²) in [5, 5.41) is 4.19. The summed E-state index contributed by atoms with van der Waals surface area (Å²) < 4.78 is 23.1. The van der Waals surface area contributed by atoms with Crippen molar-refractivity contribution < 1.29 is 8.42 Å². The van der Waals surface area contributed by atoms with Crippen LogP contribution in [0.2, 0.25) is 5.02 Å². The number of anilines is 1. The van der Waals surface area contributed by atoms with Crippen LogP contribution in [0.15, 0.2) is 53.4 Å². The number of likely N-dealkylation sites (tertiary alicyclic amines) is 1. The molecule has 28 heavy (non-hydrogen) atoms. The predicted molar refractivity (Wildman–Crippen MR) is 117 cm³/mol. The lowest BCUT2D eigenvalue weighted by Crippen LogP contribution is -2.35. The van der Waals surface area contributed by atoms with Crippen molar-refractivity contribution in [3.63, 3.8) is 0 Å². The van der Waals surface area contributed by atoms with Crippen molar-refractivity contribution in [2.45, 2.75) is 30.6 Å². The van der Waals surface area contributed by atoms with Gasteiger partial charge in [-0.1, -0.05) is 29.8 Å². The van der Waals surface area contributed by atoms with Crippen molar-refractivity contribution in [3.05, 3.63) is 59.1 Å². The molecule has 2 aromatic carbocycles. The van der Waals surface area contributed by atoms with E-state index >= 15 is 0 Å². The molecule has 0 unspecified atom stereocenters. The minimum absolute atomic E-state index is 0.400. The number of benzene rings is 2. The summed E-state index contributed by atoms with van der Waals surface area (Å²) in [4.78, 5) is 2.94. The van der Waals surface area contributed by atoms with E-state index in [1.807, 2.05) is 36.4 Å². The van der Waals surface area contributed by atoms with Crippen LogP contribution in [0.25, 0.3) is 0 Å². The molecule has 0 aromatic heterocycles. The zero-order chi connectivity index (χ0) is 20.0. The van der Waals surface area contributed by atoms with Gasteiger partial charge in [0, 0.05) is 23.5 Å². The number of nitrogens with one attached hydrogen (secondary N) is 1. The standard InChI is InChI=1S/C22H29ClN2O2S/c1-28(26,27)22-8-6-18(7-9-22)16-19-10-14-25(15-11-19)13-3-12-24-21-5-2-4-20(23)17-21/h2,4-9,17,19,24H,3,10-16H2,1H3. The van der Waals surface area contributed by atoms with Gasteiger partial charge < -0.3 is 10.2 Å². The average Bonchev–Trinajstić information content (AvgIpc) is 2.66. The maximum absolute atomic E-state index is 11.6. The lowest BCUT2D eigenvalue weighted by molar-refractivity contribution is 0.183. The smallest absolute Gasteiger partial charge is 0.175 e. The minimum Gasteiger partial charge on any atom is -0.385 e. The van der Waals surface area contributed by atoms with Gasteiger partial charge >= 0.3 is 0 Å². The van der Waals surface area contributed by atoms with Crippen molar-refractivity contribution in [1.82, 2.24) is 4.90 Å². The van der Waals surface area contributed by atoms with Crippen molar-refractivity contribution in [1.29, 1.82) is 0 Å². The largest absolute Gasteiger partial charge is 0.385 e. The summed E-state index contributed by atoms with van der Waals surface area (Å²) in [7, 11) is -3.11. The topological polar surface area (TPSA) is 49.4 Å². The molecule has 0 radical (unpaired) electrons. The molecule has 152 valence electrons. The monoisotopic (exact) mass is 420 g/mol. The maximum atomic E-state index is 11.6. The Morgan fingerprint density at radius 3 is 2.46 bits per heavy atom. The SMILES string of the molecule is CS(=O)(=O)c1ccc(CC2CCN(CCCNc3cccc(Cl)c3)CC2)cc1. The normalized spacial score (nSPS) is 16.2. The molecule has 0 bridgehead atoms. The minimum atomic E-state index is -3.11. The van der Waals surface area contributed by atoms with Gasteiger partial charge in [-0.05, 0) is 87.1 Å². The molecule has 0 saturated carbocycles. The first kappa shape index (κ1) is 21.2. The number of piperidine rings is 1. The van der Waals surface area contributed by atoms with Gasteiger partial charge in [-0.2, -0.15) is 0 Å². The van der Waals surface area contributed by atoms with Gasteiger partial charge in [-0.3, -0.25) is 0 Å². The van der Waals surface area contributed by atoms with Gasteiger partial charge in [0.05, 0.1) is 4.90 Å².